The van der Waals surface area contributed by atoms with Crippen LogP contribution < -0.4 is 0 Å². The maximum Gasteiger partial charge on any atom is 0.269 e. The standard InChI is InChI=1S/C25H21N3O4/c29-24-22-7-2-1-6-20(22)21-9-8-18(15-23(21)24)25(30)27-12-10-26(11-13-27)16-17-4-3-5-19(14-17)28(31)32/h1-9,14-15H,10-13,16H2. The van der Waals surface area contributed by atoms with Gasteiger partial charge in [0.15, 0.2) is 5.78 Å². The van der Waals surface area contributed by atoms with Crippen LogP contribution in [0.25, 0.3) is 11.1 Å². The van der Waals surface area contributed by atoms with Crippen molar-refractivity contribution in [1.82, 2.24) is 9.80 Å². The first-order valence-electron chi connectivity index (χ1n) is 10.5. The molecule has 0 bridgehead atoms. The summed E-state index contributed by atoms with van der Waals surface area (Å²) < 4.78 is 0. The molecule has 0 saturated carbocycles. The molecular weight excluding hydrogens is 406 g/mol. The summed E-state index contributed by atoms with van der Waals surface area (Å²) in [7, 11) is 0. The van der Waals surface area contributed by atoms with E-state index in [1.54, 1.807) is 29.2 Å². The lowest BCUT2D eigenvalue weighted by Crippen LogP contribution is -2.48. The SMILES string of the molecule is O=C1c2ccccc2-c2ccc(C(=O)N3CCN(Cc4cccc([N+](=O)[O-])c4)CC3)cc21. The first-order chi connectivity index (χ1) is 15.5. The molecule has 7 nitrogen and oxygen atoms in total. The van der Waals surface area contributed by atoms with Gasteiger partial charge in [-0.25, -0.2) is 0 Å². The maximum absolute atomic E-state index is 13.1. The average Bonchev–Trinajstić information content (AvgIpc) is 3.11. The summed E-state index contributed by atoms with van der Waals surface area (Å²) in [6, 6.07) is 19.5. The van der Waals surface area contributed by atoms with Crippen LogP contribution in [0.1, 0.15) is 31.8 Å². The highest BCUT2D eigenvalue weighted by molar-refractivity contribution is 6.22. The van der Waals surface area contributed by atoms with E-state index >= 15 is 0 Å². The summed E-state index contributed by atoms with van der Waals surface area (Å²) in [4.78, 5) is 40.4. The van der Waals surface area contributed by atoms with Gasteiger partial charge in [-0.3, -0.25) is 24.6 Å². The number of amides is 1. The monoisotopic (exact) mass is 427 g/mol. The number of nitro benzene ring substituents is 1. The normalized spacial score (nSPS) is 15.4. The summed E-state index contributed by atoms with van der Waals surface area (Å²) >= 11 is 0. The second kappa shape index (κ2) is 8.01. The highest BCUT2D eigenvalue weighted by atomic mass is 16.6. The first kappa shape index (κ1) is 20.1. The molecule has 3 aromatic carbocycles. The zero-order valence-electron chi connectivity index (χ0n) is 17.4. The summed E-state index contributed by atoms with van der Waals surface area (Å²) in [5, 5.41) is 11.0. The fraction of sp³-hybridized carbons (Fsp3) is 0.200. The van der Waals surface area contributed by atoms with E-state index in [0.29, 0.717) is 49.4 Å². The van der Waals surface area contributed by atoms with Gasteiger partial charge in [-0.2, -0.15) is 0 Å². The number of fused-ring (bicyclic) bond motifs is 3. The van der Waals surface area contributed by atoms with E-state index in [1.807, 2.05) is 36.4 Å². The zero-order valence-corrected chi connectivity index (χ0v) is 17.4. The van der Waals surface area contributed by atoms with Crippen molar-refractivity contribution < 1.29 is 14.5 Å². The highest BCUT2D eigenvalue weighted by Gasteiger charge is 2.29. The Labute approximate surface area is 185 Å². The Balaban J connectivity index is 1.25. The minimum Gasteiger partial charge on any atom is -0.336 e. The van der Waals surface area contributed by atoms with Crippen molar-refractivity contribution >= 4 is 17.4 Å². The van der Waals surface area contributed by atoms with Gasteiger partial charge in [0, 0.05) is 61.5 Å². The third-order valence-electron chi connectivity index (χ3n) is 6.16. The molecule has 1 aliphatic carbocycles. The van der Waals surface area contributed by atoms with Gasteiger partial charge in [-0.15, -0.1) is 0 Å². The van der Waals surface area contributed by atoms with Crippen molar-refractivity contribution in [3.05, 3.63) is 99.1 Å². The molecule has 2 aliphatic rings. The van der Waals surface area contributed by atoms with Crippen molar-refractivity contribution in [2.45, 2.75) is 6.54 Å². The summed E-state index contributed by atoms with van der Waals surface area (Å²) in [5.41, 5.74) is 4.56. The molecule has 0 N–H and O–H groups in total. The lowest BCUT2D eigenvalue weighted by Gasteiger charge is -2.34. The number of hydrogen-bond donors (Lipinski definition) is 0. The van der Waals surface area contributed by atoms with E-state index in [9.17, 15) is 19.7 Å². The molecule has 3 aromatic rings. The molecule has 5 rings (SSSR count). The molecule has 1 saturated heterocycles. The van der Waals surface area contributed by atoms with Crippen LogP contribution in [-0.2, 0) is 6.54 Å². The van der Waals surface area contributed by atoms with Crippen LogP contribution in [-0.4, -0.2) is 52.6 Å². The molecule has 0 aromatic heterocycles. The van der Waals surface area contributed by atoms with E-state index in [1.165, 1.54) is 6.07 Å². The third kappa shape index (κ3) is 3.56. The Morgan fingerprint density at radius 1 is 0.844 bits per heavy atom. The molecule has 1 fully saturated rings. The van der Waals surface area contributed by atoms with Crippen LogP contribution in [0, 0.1) is 10.1 Å². The van der Waals surface area contributed by atoms with E-state index in [-0.39, 0.29) is 22.3 Å². The number of ketones is 1. The molecule has 1 heterocycles. The Kier molecular flexibility index (Phi) is 5.03. The van der Waals surface area contributed by atoms with Gasteiger partial charge in [-0.05, 0) is 28.8 Å². The quantitative estimate of drug-likeness (QED) is 0.366. The highest BCUT2D eigenvalue weighted by Crippen LogP contribution is 2.36. The molecule has 160 valence electrons. The molecule has 1 amide bonds. The van der Waals surface area contributed by atoms with Crippen molar-refractivity contribution in [2.75, 3.05) is 26.2 Å². The Morgan fingerprint density at radius 2 is 1.56 bits per heavy atom. The van der Waals surface area contributed by atoms with Crippen LogP contribution in [0.3, 0.4) is 0 Å². The van der Waals surface area contributed by atoms with E-state index < -0.39 is 0 Å². The number of nitrogens with zero attached hydrogens (tertiary/aromatic N) is 3. The molecule has 0 atom stereocenters. The number of carbonyl (C=O) groups excluding carboxylic acids is 2. The van der Waals surface area contributed by atoms with Gasteiger partial charge in [0.2, 0.25) is 0 Å². The fourth-order valence-electron chi connectivity index (χ4n) is 4.48. The first-order valence-corrected chi connectivity index (χ1v) is 10.5. The van der Waals surface area contributed by atoms with Crippen LogP contribution >= 0.6 is 0 Å². The Hall–Kier alpha value is -3.84. The number of non-ortho nitro benzene ring substituents is 1. The van der Waals surface area contributed by atoms with Crippen molar-refractivity contribution in [3.63, 3.8) is 0 Å². The number of hydrogen-bond acceptors (Lipinski definition) is 5. The lowest BCUT2D eigenvalue weighted by atomic mass is 10.0. The minimum absolute atomic E-state index is 0.0352. The maximum atomic E-state index is 13.1. The van der Waals surface area contributed by atoms with E-state index in [4.69, 9.17) is 0 Å². The fourth-order valence-corrected chi connectivity index (χ4v) is 4.48. The second-order valence-corrected chi connectivity index (χ2v) is 8.13. The third-order valence-corrected chi connectivity index (χ3v) is 6.16. The number of piperazine rings is 1. The lowest BCUT2D eigenvalue weighted by molar-refractivity contribution is -0.384. The number of carbonyl (C=O) groups is 2. The zero-order chi connectivity index (χ0) is 22.2. The van der Waals surface area contributed by atoms with Crippen molar-refractivity contribution in [1.29, 1.82) is 0 Å². The van der Waals surface area contributed by atoms with Gasteiger partial charge in [0.25, 0.3) is 11.6 Å². The van der Waals surface area contributed by atoms with Crippen LogP contribution in [0.2, 0.25) is 0 Å². The predicted molar refractivity (Wildman–Crippen MR) is 120 cm³/mol. The van der Waals surface area contributed by atoms with Gasteiger partial charge < -0.3 is 4.90 Å². The van der Waals surface area contributed by atoms with Gasteiger partial charge >= 0.3 is 0 Å². The van der Waals surface area contributed by atoms with Gasteiger partial charge in [-0.1, -0.05) is 42.5 Å². The number of nitro groups is 1. The number of rotatable bonds is 4. The molecule has 0 radical (unpaired) electrons. The number of benzene rings is 3. The van der Waals surface area contributed by atoms with Gasteiger partial charge in [0.05, 0.1) is 4.92 Å². The molecule has 0 unspecified atom stereocenters. The summed E-state index contributed by atoms with van der Waals surface area (Å²) in [6.45, 7) is 3.11. The van der Waals surface area contributed by atoms with Crippen LogP contribution in [0.5, 0.6) is 0 Å². The van der Waals surface area contributed by atoms with E-state index in [0.717, 1.165) is 16.7 Å². The molecule has 7 heteroatoms. The van der Waals surface area contributed by atoms with E-state index in [2.05, 4.69) is 4.90 Å². The van der Waals surface area contributed by atoms with Crippen molar-refractivity contribution in [3.8, 4) is 11.1 Å². The summed E-state index contributed by atoms with van der Waals surface area (Å²) in [6.07, 6.45) is 0. The predicted octanol–water partition coefficient (Wildman–Crippen LogP) is 3.76. The minimum atomic E-state index is -0.389. The molecular formula is C25H21N3O4. The van der Waals surface area contributed by atoms with Crippen molar-refractivity contribution in [2.24, 2.45) is 0 Å². The average molecular weight is 427 g/mol. The van der Waals surface area contributed by atoms with Crippen LogP contribution in [0.15, 0.2) is 66.7 Å². The topological polar surface area (TPSA) is 83.8 Å². The Bertz CT molecular complexity index is 1250. The van der Waals surface area contributed by atoms with Gasteiger partial charge in [0.1, 0.15) is 0 Å². The summed E-state index contributed by atoms with van der Waals surface area (Å²) in [5.74, 6) is -0.112. The Morgan fingerprint density at radius 3 is 2.31 bits per heavy atom. The van der Waals surface area contributed by atoms with Crippen LogP contribution in [0.4, 0.5) is 5.69 Å². The second-order valence-electron chi connectivity index (χ2n) is 8.13. The largest absolute Gasteiger partial charge is 0.336 e. The molecule has 1 aliphatic heterocycles. The molecule has 0 spiro atoms. The molecule has 32 heavy (non-hydrogen) atoms. The smallest absolute Gasteiger partial charge is 0.269 e.